The minimum Gasteiger partial charge on any atom is -0.481 e. The Kier molecular flexibility index (Phi) is 6.42. The van der Waals surface area contributed by atoms with Crippen molar-refractivity contribution in [3.05, 3.63) is 75.8 Å². The van der Waals surface area contributed by atoms with Crippen LogP contribution < -0.4 is 5.32 Å². The van der Waals surface area contributed by atoms with Crippen LogP contribution >= 0.6 is 22.9 Å². The van der Waals surface area contributed by atoms with E-state index < -0.39 is 36.1 Å². The fourth-order valence-corrected chi connectivity index (χ4v) is 3.96. The van der Waals surface area contributed by atoms with Crippen LogP contribution in [0.4, 0.5) is 13.2 Å². The van der Waals surface area contributed by atoms with Gasteiger partial charge in [0.05, 0.1) is 23.0 Å². The summed E-state index contributed by atoms with van der Waals surface area (Å²) in [6.45, 7) is 0. The molecule has 5 nitrogen and oxygen atoms in total. The van der Waals surface area contributed by atoms with Crippen LogP contribution in [0.1, 0.15) is 34.1 Å². The molecule has 0 saturated heterocycles. The van der Waals surface area contributed by atoms with E-state index in [1.165, 1.54) is 17.5 Å². The van der Waals surface area contributed by atoms with Crippen molar-refractivity contribution >= 4 is 34.8 Å². The number of alkyl halides is 3. The first-order chi connectivity index (χ1) is 14.2. The molecule has 0 aliphatic heterocycles. The molecule has 0 fully saturated rings. The van der Waals surface area contributed by atoms with Crippen molar-refractivity contribution in [2.24, 2.45) is 0 Å². The van der Waals surface area contributed by atoms with Gasteiger partial charge in [-0.3, -0.25) is 9.59 Å². The van der Waals surface area contributed by atoms with Crippen LogP contribution in [0.25, 0.3) is 10.6 Å². The second-order valence-electron chi connectivity index (χ2n) is 6.23. The number of hydrogen-bond donors (Lipinski definition) is 2. The van der Waals surface area contributed by atoms with Gasteiger partial charge in [0.2, 0.25) is 0 Å². The lowest BCUT2D eigenvalue weighted by atomic mass is 9.97. The van der Waals surface area contributed by atoms with Crippen LogP contribution in [-0.4, -0.2) is 22.0 Å². The number of nitrogens with one attached hydrogen (secondary N) is 1. The van der Waals surface area contributed by atoms with E-state index in [2.05, 4.69) is 10.3 Å². The Hall–Kier alpha value is -2.91. The molecule has 0 radical (unpaired) electrons. The van der Waals surface area contributed by atoms with Gasteiger partial charge in [0.15, 0.2) is 0 Å². The maximum Gasteiger partial charge on any atom is 0.416 e. The smallest absolute Gasteiger partial charge is 0.416 e. The average molecular weight is 455 g/mol. The predicted molar refractivity (Wildman–Crippen MR) is 106 cm³/mol. The third kappa shape index (κ3) is 4.98. The van der Waals surface area contributed by atoms with E-state index in [4.69, 9.17) is 16.7 Å². The molecule has 0 saturated carbocycles. The van der Waals surface area contributed by atoms with E-state index in [1.54, 1.807) is 24.3 Å². The predicted octanol–water partition coefficient (Wildman–Crippen LogP) is 5.43. The Bertz CT molecular complexity index is 1080. The fourth-order valence-electron chi connectivity index (χ4n) is 2.84. The molecule has 10 heteroatoms. The highest BCUT2D eigenvalue weighted by atomic mass is 35.5. The maximum atomic E-state index is 13.4. The van der Waals surface area contributed by atoms with E-state index in [9.17, 15) is 22.8 Å². The molecule has 0 aliphatic rings. The number of benzene rings is 2. The summed E-state index contributed by atoms with van der Waals surface area (Å²) in [6, 6.07) is 10.0. The van der Waals surface area contributed by atoms with Crippen LogP contribution in [0, 0.1) is 0 Å². The number of aliphatic carboxylic acids is 1. The van der Waals surface area contributed by atoms with E-state index in [1.807, 2.05) is 0 Å². The number of nitrogens with zero attached hydrogens (tertiary/aromatic N) is 1. The topological polar surface area (TPSA) is 79.3 Å². The van der Waals surface area contributed by atoms with Crippen LogP contribution in [-0.2, 0) is 11.0 Å². The van der Waals surface area contributed by atoms with E-state index in [0.29, 0.717) is 15.6 Å². The van der Waals surface area contributed by atoms with Crippen LogP contribution in [0.5, 0.6) is 0 Å². The molecule has 1 aromatic heterocycles. The largest absolute Gasteiger partial charge is 0.481 e. The molecule has 1 heterocycles. The molecular formula is C20H14ClF3N2O3S. The summed E-state index contributed by atoms with van der Waals surface area (Å²) >= 11 is 7.26. The molecule has 0 bridgehead atoms. The highest BCUT2D eigenvalue weighted by Gasteiger charge is 2.36. The lowest BCUT2D eigenvalue weighted by molar-refractivity contribution is -0.140. The molecule has 156 valence electrons. The van der Waals surface area contributed by atoms with Crippen molar-refractivity contribution in [1.29, 1.82) is 0 Å². The van der Waals surface area contributed by atoms with Crippen LogP contribution in [0.2, 0.25) is 5.02 Å². The molecule has 2 aromatic carbocycles. The second-order valence-corrected chi connectivity index (χ2v) is 7.49. The molecule has 0 aliphatic carbocycles. The number of carboxylic acid groups (broad SMARTS) is 1. The normalized spacial score (nSPS) is 12.4. The average Bonchev–Trinajstić information content (AvgIpc) is 3.17. The zero-order chi connectivity index (χ0) is 21.9. The monoisotopic (exact) mass is 454 g/mol. The first-order valence-electron chi connectivity index (χ1n) is 8.56. The molecule has 1 unspecified atom stereocenters. The highest BCUT2D eigenvalue weighted by molar-refractivity contribution is 7.13. The number of rotatable bonds is 6. The minimum atomic E-state index is -4.70. The molecule has 2 N–H and O–H groups in total. The van der Waals surface area contributed by atoms with Gasteiger partial charge in [-0.05, 0) is 17.7 Å². The van der Waals surface area contributed by atoms with Gasteiger partial charge in [0.1, 0.15) is 10.7 Å². The standard InChI is InChI=1S/C20H14ClF3N2O3S/c21-14-8-4-2-6-12(14)19-26-16(10-30-19)18(29)25-15(9-17(27)28)11-5-1-3-7-13(11)20(22,23)24/h1-8,10,15H,9H2,(H,25,29)(H,27,28). The van der Waals surface area contributed by atoms with E-state index in [0.717, 1.165) is 23.5 Å². The molecule has 3 rings (SSSR count). The van der Waals surface area contributed by atoms with Gasteiger partial charge < -0.3 is 10.4 Å². The van der Waals surface area contributed by atoms with Crippen LogP contribution in [0.15, 0.2) is 53.9 Å². The van der Waals surface area contributed by atoms with Gasteiger partial charge in [-0.2, -0.15) is 13.2 Å². The Morgan fingerprint density at radius 1 is 1.13 bits per heavy atom. The minimum absolute atomic E-state index is 0.0465. The van der Waals surface area contributed by atoms with Crippen LogP contribution in [0.3, 0.4) is 0 Å². The summed E-state index contributed by atoms with van der Waals surface area (Å²) in [6.07, 6.45) is -5.42. The summed E-state index contributed by atoms with van der Waals surface area (Å²) in [4.78, 5) is 28.0. The summed E-state index contributed by atoms with van der Waals surface area (Å²) in [5, 5.41) is 13.8. The van der Waals surface area contributed by atoms with Crippen molar-refractivity contribution in [2.45, 2.75) is 18.6 Å². The summed E-state index contributed by atoms with van der Waals surface area (Å²) in [5.74, 6) is -2.14. The third-order valence-corrected chi connectivity index (χ3v) is 5.37. The second kappa shape index (κ2) is 8.85. The number of halogens is 4. The third-order valence-electron chi connectivity index (χ3n) is 4.17. The molecule has 0 spiro atoms. The Morgan fingerprint density at radius 3 is 2.47 bits per heavy atom. The van der Waals surface area contributed by atoms with Gasteiger partial charge in [-0.1, -0.05) is 48.0 Å². The highest BCUT2D eigenvalue weighted by Crippen LogP contribution is 2.36. The summed E-state index contributed by atoms with van der Waals surface area (Å²) in [5.41, 5.74) is -0.781. The number of carboxylic acids is 1. The molecule has 3 aromatic rings. The lowest BCUT2D eigenvalue weighted by Gasteiger charge is -2.21. The first kappa shape index (κ1) is 21.8. The van der Waals surface area contributed by atoms with Crippen molar-refractivity contribution in [1.82, 2.24) is 10.3 Å². The Labute approximate surface area is 178 Å². The lowest BCUT2D eigenvalue weighted by Crippen LogP contribution is -2.32. The van der Waals surface area contributed by atoms with Gasteiger partial charge in [-0.15, -0.1) is 11.3 Å². The molecular weight excluding hydrogens is 441 g/mol. The summed E-state index contributed by atoms with van der Waals surface area (Å²) < 4.78 is 40.1. The van der Waals surface area contributed by atoms with Gasteiger partial charge >= 0.3 is 12.1 Å². The Morgan fingerprint density at radius 2 is 1.80 bits per heavy atom. The first-order valence-corrected chi connectivity index (χ1v) is 9.81. The van der Waals surface area contributed by atoms with Crippen molar-refractivity contribution in [3.63, 3.8) is 0 Å². The van der Waals surface area contributed by atoms with E-state index >= 15 is 0 Å². The van der Waals surface area contributed by atoms with E-state index in [-0.39, 0.29) is 11.3 Å². The van der Waals surface area contributed by atoms with Crippen molar-refractivity contribution in [2.75, 3.05) is 0 Å². The summed E-state index contributed by atoms with van der Waals surface area (Å²) in [7, 11) is 0. The number of carbonyl (C=O) groups is 2. The SMILES string of the molecule is O=C(O)CC(NC(=O)c1csc(-c2ccccc2Cl)n1)c1ccccc1C(F)(F)F. The molecule has 1 amide bonds. The molecule has 30 heavy (non-hydrogen) atoms. The number of aromatic nitrogens is 1. The zero-order valence-electron chi connectivity index (χ0n) is 15.1. The number of thiazole rings is 1. The van der Waals surface area contributed by atoms with Gasteiger partial charge in [0.25, 0.3) is 5.91 Å². The molecule has 1 atom stereocenters. The maximum absolute atomic E-state index is 13.4. The quantitative estimate of drug-likeness (QED) is 0.520. The van der Waals surface area contributed by atoms with Crippen molar-refractivity contribution in [3.8, 4) is 10.6 Å². The number of hydrogen-bond acceptors (Lipinski definition) is 4. The van der Waals surface area contributed by atoms with Gasteiger partial charge in [0, 0.05) is 10.9 Å². The number of carbonyl (C=O) groups excluding carboxylic acids is 1. The fraction of sp³-hybridized carbons (Fsp3) is 0.150. The zero-order valence-corrected chi connectivity index (χ0v) is 16.7. The Balaban J connectivity index is 1.90. The van der Waals surface area contributed by atoms with Gasteiger partial charge in [-0.25, -0.2) is 4.98 Å². The van der Waals surface area contributed by atoms with Crippen molar-refractivity contribution < 1.29 is 27.9 Å². The number of amides is 1.